The molecule has 0 spiro atoms. The summed E-state index contributed by atoms with van der Waals surface area (Å²) in [6.07, 6.45) is 6.63. The van der Waals surface area contributed by atoms with Crippen LogP contribution in [0.4, 0.5) is 17.1 Å². The molecule has 0 saturated heterocycles. The lowest BCUT2D eigenvalue weighted by Crippen LogP contribution is -2.74. The first-order chi connectivity index (χ1) is 31.0. The number of anilines is 3. The van der Waals surface area contributed by atoms with E-state index in [0.29, 0.717) is 5.92 Å². The van der Waals surface area contributed by atoms with Crippen molar-refractivity contribution in [1.82, 2.24) is 0 Å². The van der Waals surface area contributed by atoms with Crippen LogP contribution in [-0.2, 0) is 5.41 Å². The summed E-state index contributed by atoms with van der Waals surface area (Å²) in [5, 5.41) is 8.07. The predicted octanol–water partition coefficient (Wildman–Crippen LogP) is 13.7. The van der Waals surface area contributed by atoms with E-state index in [4.69, 9.17) is 0 Å². The van der Waals surface area contributed by atoms with Crippen LogP contribution in [0.5, 0.6) is 0 Å². The fraction of sp³-hybridized carbons (Fsp3) is 0.148. The SMILES string of the molecule is CC1(C)c2ccc(-c3ccc4ccccc4c3)cc2-c2ccc(N(c3ccc(C4CCCCC4)cc3)c3ccc([Si](c4ccccc4)(c4ccccc4)c4ccccc4)cc3)cc21. The third-order valence-corrected chi connectivity index (χ3v) is 19.2. The number of nitrogens with zero attached hydrogens (tertiary/aromatic N) is 1. The lowest BCUT2D eigenvalue weighted by atomic mass is 9.82. The van der Waals surface area contributed by atoms with Gasteiger partial charge in [0.1, 0.15) is 0 Å². The van der Waals surface area contributed by atoms with Gasteiger partial charge in [0.15, 0.2) is 8.07 Å². The maximum absolute atomic E-state index is 2.67. The Balaban J connectivity index is 1.04. The van der Waals surface area contributed by atoms with Crippen molar-refractivity contribution in [1.29, 1.82) is 0 Å². The molecular weight excluding hydrogens is 775 g/mol. The van der Waals surface area contributed by atoms with Crippen molar-refractivity contribution in [3.8, 4) is 22.3 Å². The number of benzene rings is 9. The maximum atomic E-state index is 2.49. The molecule has 306 valence electrons. The molecule has 1 fully saturated rings. The monoisotopic (exact) mass is 827 g/mol. The minimum Gasteiger partial charge on any atom is -0.310 e. The highest BCUT2D eigenvalue weighted by Crippen LogP contribution is 2.52. The van der Waals surface area contributed by atoms with Crippen molar-refractivity contribution >= 4 is 56.7 Å². The molecule has 63 heavy (non-hydrogen) atoms. The van der Waals surface area contributed by atoms with Crippen molar-refractivity contribution in [2.45, 2.75) is 57.3 Å². The van der Waals surface area contributed by atoms with Crippen LogP contribution in [0.2, 0.25) is 0 Å². The first-order valence-electron chi connectivity index (χ1n) is 22.9. The molecule has 1 nitrogen and oxygen atoms in total. The minimum atomic E-state index is -2.67. The Labute approximate surface area is 374 Å². The molecular formula is C61H53NSi. The van der Waals surface area contributed by atoms with Gasteiger partial charge in [-0.2, -0.15) is 0 Å². The molecule has 0 aliphatic heterocycles. The molecule has 1 saturated carbocycles. The van der Waals surface area contributed by atoms with Gasteiger partial charge in [-0.3, -0.25) is 0 Å². The van der Waals surface area contributed by atoms with Crippen LogP contribution in [-0.4, -0.2) is 8.07 Å². The molecule has 0 N–H and O–H groups in total. The Hall–Kier alpha value is -6.74. The van der Waals surface area contributed by atoms with E-state index in [-0.39, 0.29) is 5.41 Å². The zero-order valence-corrected chi connectivity index (χ0v) is 37.3. The Kier molecular flexibility index (Phi) is 10.1. The Morgan fingerprint density at radius 3 is 1.52 bits per heavy atom. The lowest BCUT2D eigenvalue weighted by Gasteiger charge is -2.35. The molecule has 9 aromatic carbocycles. The van der Waals surface area contributed by atoms with Gasteiger partial charge in [-0.15, -0.1) is 0 Å². The number of fused-ring (bicyclic) bond motifs is 4. The van der Waals surface area contributed by atoms with Crippen LogP contribution < -0.4 is 25.6 Å². The zero-order chi connectivity index (χ0) is 42.4. The first kappa shape index (κ1) is 39.1. The summed E-state index contributed by atoms with van der Waals surface area (Å²) < 4.78 is 0. The molecule has 0 unspecified atom stereocenters. The smallest absolute Gasteiger partial charge is 0.179 e. The van der Waals surface area contributed by atoms with E-state index in [1.165, 1.54) is 114 Å². The van der Waals surface area contributed by atoms with Gasteiger partial charge in [0, 0.05) is 22.5 Å². The fourth-order valence-electron chi connectivity index (χ4n) is 11.1. The highest BCUT2D eigenvalue weighted by molar-refractivity contribution is 7.19. The van der Waals surface area contributed by atoms with E-state index >= 15 is 0 Å². The van der Waals surface area contributed by atoms with Crippen molar-refractivity contribution < 1.29 is 0 Å². The van der Waals surface area contributed by atoms with E-state index in [1.54, 1.807) is 0 Å². The van der Waals surface area contributed by atoms with Gasteiger partial charge in [0.2, 0.25) is 0 Å². The van der Waals surface area contributed by atoms with E-state index in [2.05, 4.69) is 237 Å². The second kappa shape index (κ2) is 16.2. The van der Waals surface area contributed by atoms with Crippen LogP contribution in [0.3, 0.4) is 0 Å². The Bertz CT molecular complexity index is 2940. The predicted molar refractivity (Wildman–Crippen MR) is 271 cm³/mol. The molecule has 0 aromatic heterocycles. The number of rotatable bonds is 9. The lowest BCUT2D eigenvalue weighted by molar-refractivity contribution is 0.443. The standard InChI is InChI=1S/C61H53NSi/c1-61(2)59-40-31-49(48-28-27-45-19-15-16-20-47(45)41-48)42-58(59)57-39-36-52(43-60(57)61)62(50-32-29-46(30-33-50)44-17-7-3-8-18-44)51-34-37-56(38-35-51)63(53-21-9-4-10-22-53,54-23-11-5-12-24-54)55-25-13-6-14-26-55/h4-6,9-16,19-44H,3,7-8,17-18H2,1-2H3. The van der Waals surface area contributed by atoms with Crippen LogP contribution >= 0.6 is 0 Å². The van der Waals surface area contributed by atoms with Gasteiger partial charge < -0.3 is 4.90 Å². The van der Waals surface area contributed by atoms with Gasteiger partial charge in [0.25, 0.3) is 0 Å². The van der Waals surface area contributed by atoms with Crippen molar-refractivity contribution in [3.63, 3.8) is 0 Å². The normalized spacial score (nSPS) is 14.6. The average molecular weight is 828 g/mol. The van der Waals surface area contributed by atoms with E-state index in [0.717, 1.165) is 5.69 Å². The van der Waals surface area contributed by atoms with Crippen LogP contribution in [0, 0.1) is 0 Å². The quantitative estimate of drug-likeness (QED) is 0.103. The Morgan fingerprint density at radius 1 is 0.397 bits per heavy atom. The minimum absolute atomic E-state index is 0.158. The van der Waals surface area contributed by atoms with E-state index in [1.807, 2.05) is 0 Å². The molecule has 0 radical (unpaired) electrons. The molecule has 0 amide bonds. The molecule has 0 bridgehead atoms. The van der Waals surface area contributed by atoms with Crippen molar-refractivity contribution in [2.75, 3.05) is 4.90 Å². The molecule has 11 rings (SSSR count). The van der Waals surface area contributed by atoms with Crippen LogP contribution in [0.1, 0.15) is 68.6 Å². The average Bonchev–Trinajstić information content (AvgIpc) is 3.58. The summed E-state index contributed by atoms with van der Waals surface area (Å²) >= 11 is 0. The highest BCUT2D eigenvalue weighted by Gasteiger charge is 2.41. The molecule has 0 atom stereocenters. The summed E-state index contributed by atoms with van der Waals surface area (Å²) in [4.78, 5) is 2.49. The van der Waals surface area contributed by atoms with Gasteiger partial charge in [0.05, 0.1) is 0 Å². The largest absolute Gasteiger partial charge is 0.310 e. The van der Waals surface area contributed by atoms with Crippen molar-refractivity contribution in [3.05, 3.63) is 235 Å². The van der Waals surface area contributed by atoms with Crippen LogP contribution in [0.25, 0.3) is 33.0 Å². The van der Waals surface area contributed by atoms with Gasteiger partial charge >= 0.3 is 0 Å². The maximum Gasteiger partial charge on any atom is 0.179 e. The summed E-state index contributed by atoms with van der Waals surface area (Å²) in [6.45, 7) is 4.80. The first-order valence-corrected chi connectivity index (χ1v) is 24.9. The van der Waals surface area contributed by atoms with E-state index < -0.39 is 8.07 Å². The summed E-state index contributed by atoms with van der Waals surface area (Å²) in [5.74, 6) is 0.659. The summed E-state index contributed by atoms with van der Waals surface area (Å²) in [6, 6.07) is 82.7. The third-order valence-electron chi connectivity index (χ3n) is 14.4. The van der Waals surface area contributed by atoms with E-state index in [9.17, 15) is 0 Å². The second-order valence-electron chi connectivity index (χ2n) is 18.3. The number of hydrogen-bond acceptors (Lipinski definition) is 1. The Morgan fingerprint density at radius 2 is 0.905 bits per heavy atom. The summed E-state index contributed by atoms with van der Waals surface area (Å²) in [5.41, 5.74) is 12.8. The highest BCUT2D eigenvalue weighted by atomic mass is 28.3. The van der Waals surface area contributed by atoms with Crippen LogP contribution in [0.15, 0.2) is 218 Å². The molecule has 2 aliphatic rings. The second-order valence-corrected chi connectivity index (χ2v) is 22.1. The molecule has 2 heteroatoms. The molecule has 2 aliphatic carbocycles. The van der Waals surface area contributed by atoms with Crippen molar-refractivity contribution in [2.24, 2.45) is 0 Å². The number of hydrogen-bond donors (Lipinski definition) is 0. The van der Waals surface area contributed by atoms with Gasteiger partial charge in [-0.05, 0) is 138 Å². The van der Waals surface area contributed by atoms with Gasteiger partial charge in [-0.25, -0.2) is 0 Å². The molecule has 0 heterocycles. The zero-order valence-electron chi connectivity index (χ0n) is 36.3. The third kappa shape index (κ3) is 6.85. The van der Waals surface area contributed by atoms with Gasteiger partial charge in [-0.1, -0.05) is 203 Å². The fourth-order valence-corrected chi connectivity index (χ4v) is 15.9. The molecule has 9 aromatic rings. The summed E-state index contributed by atoms with van der Waals surface area (Å²) in [7, 11) is -2.67. The topological polar surface area (TPSA) is 3.24 Å².